The predicted molar refractivity (Wildman–Crippen MR) is 108 cm³/mol. The van der Waals surface area contributed by atoms with Gasteiger partial charge in [-0.3, -0.25) is 14.4 Å². The number of carbonyl (C=O) groups excluding carboxylic acids is 1. The number of nitrogens with zero attached hydrogens (tertiary/aromatic N) is 4. The van der Waals surface area contributed by atoms with Gasteiger partial charge in [0.25, 0.3) is 0 Å². The monoisotopic (exact) mass is 382 g/mol. The van der Waals surface area contributed by atoms with Gasteiger partial charge in [0.15, 0.2) is 0 Å². The van der Waals surface area contributed by atoms with Gasteiger partial charge in [-0.05, 0) is 43.0 Å². The third-order valence-electron chi connectivity index (χ3n) is 6.16. The highest BCUT2D eigenvalue weighted by Gasteiger charge is 2.41. The van der Waals surface area contributed by atoms with Crippen molar-refractivity contribution in [2.45, 2.75) is 38.8 Å². The van der Waals surface area contributed by atoms with Crippen LogP contribution < -0.4 is 0 Å². The van der Waals surface area contributed by atoms with Crippen LogP contribution in [0.1, 0.15) is 36.8 Å². The Kier molecular flexibility index (Phi) is 5.78. The molecule has 0 saturated carbocycles. The molecule has 28 heavy (non-hydrogen) atoms. The minimum Gasteiger partial charge on any atom is -0.395 e. The first kappa shape index (κ1) is 19.2. The molecule has 0 bridgehead atoms. The van der Waals surface area contributed by atoms with Crippen molar-refractivity contribution in [2.24, 2.45) is 5.41 Å². The van der Waals surface area contributed by atoms with Crippen molar-refractivity contribution < 1.29 is 9.90 Å². The number of β-amino-alcohol motifs (C(OH)–C–C–N with tert-alkyl or cyclic N) is 1. The van der Waals surface area contributed by atoms with Gasteiger partial charge in [0.2, 0.25) is 5.91 Å². The van der Waals surface area contributed by atoms with E-state index in [0.717, 1.165) is 39.1 Å². The molecule has 0 unspecified atom stereocenters. The molecular weight excluding hydrogens is 352 g/mol. The third kappa shape index (κ3) is 4.45. The Labute approximate surface area is 166 Å². The average Bonchev–Trinajstić information content (AvgIpc) is 3.19. The first-order chi connectivity index (χ1) is 13.7. The van der Waals surface area contributed by atoms with Crippen molar-refractivity contribution in [3.8, 4) is 0 Å². The maximum Gasteiger partial charge on any atom is 0.222 e. The molecule has 0 aliphatic carbocycles. The molecule has 150 valence electrons. The molecule has 2 fully saturated rings. The van der Waals surface area contributed by atoms with Crippen LogP contribution in [0.15, 0.2) is 42.7 Å². The lowest BCUT2D eigenvalue weighted by molar-refractivity contribution is -0.140. The maximum absolute atomic E-state index is 12.1. The molecule has 1 atom stereocenters. The van der Waals surface area contributed by atoms with Gasteiger partial charge in [-0.25, -0.2) is 0 Å². The van der Waals surface area contributed by atoms with Crippen molar-refractivity contribution in [2.75, 3.05) is 32.8 Å². The molecule has 1 aromatic carbocycles. The molecule has 2 aliphatic rings. The Morgan fingerprint density at radius 2 is 1.96 bits per heavy atom. The SMILES string of the molecule is O=C1CC[C@@]2(CCCN(Cc3cccc(Cn4cccn4)c3)C2)CN1CCO. The molecule has 2 saturated heterocycles. The van der Waals surface area contributed by atoms with Gasteiger partial charge in [-0.15, -0.1) is 0 Å². The molecular formula is C22H30N4O2. The van der Waals surface area contributed by atoms with Crippen LogP contribution in [-0.4, -0.2) is 63.4 Å². The van der Waals surface area contributed by atoms with E-state index in [1.807, 2.05) is 28.0 Å². The summed E-state index contributed by atoms with van der Waals surface area (Å²) in [7, 11) is 0. The smallest absolute Gasteiger partial charge is 0.222 e. The fourth-order valence-corrected chi connectivity index (χ4v) is 4.87. The Balaban J connectivity index is 1.40. The summed E-state index contributed by atoms with van der Waals surface area (Å²) in [4.78, 5) is 16.6. The molecule has 2 aromatic rings. The molecule has 4 rings (SSSR count). The van der Waals surface area contributed by atoms with E-state index < -0.39 is 0 Å². The zero-order valence-corrected chi connectivity index (χ0v) is 16.5. The van der Waals surface area contributed by atoms with Gasteiger partial charge in [0, 0.05) is 50.4 Å². The minimum absolute atomic E-state index is 0.0502. The van der Waals surface area contributed by atoms with Crippen molar-refractivity contribution in [3.05, 3.63) is 53.9 Å². The average molecular weight is 383 g/mol. The van der Waals surface area contributed by atoms with Gasteiger partial charge in [0.1, 0.15) is 0 Å². The molecule has 6 heteroatoms. The van der Waals surface area contributed by atoms with Crippen molar-refractivity contribution in [1.82, 2.24) is 19.6 Å². The number of aliphatic hydroxyl groups excluding tert-OH is 1. The van der Waals surface area contributed by atoms with E-state index in [1.165, 1.54) is 24.0 Å². The van der Waals surface area contributed by atoms with E-state index >= 15 is 0 Å². The van der Waals surface area contributed by atoms with Crippen molar-refractivity contribution in [3.63, 3.8) is 0 Å². The van der Waals surface area contributed by atoms with Crippen LogP contribution in [0.3, 0.4) is 0 Å². The summed E-state index contributed by atoms with van der Waals surface area (Å²) >= 11 is 0. The number of likely N-dealkylation sites (tertiary alicyclic amines) is 2. The van der Waals surface area contributed by atoms with Crippen LogP contribution in [0.2, 0.25) is 0 Å². The molecule has 1 spiro atoms. The topological polar surface area (TPSA) is 61.6 Å². The minimum atomic E-state index is 0.0502. The Bertz CT molecular complexity index is 792. The molecule has 0 radical (unpaired) electrons. The highest BCUT2D eigenvalue weighted by Crippen LogP contribution is 2.39. The highest BCUT2D eigenvalue weighted by molar-refractivity contribution is 5.77. The summed E-state index contributed by atoms with van der Waals surface area (Å²) in [6.07, 6.45) is 7.75. The van der Waals surface area contributed by atoms with E-state index in [9.17, 15) is 9.90 Å². The Morgan fingerprint density at radius 1 is 1.11 bits per heavy atom. The quantitative estimate of drug-likeness (QED) is 0.831. The first-order valence-corrected chi connectivity index (χ1v) is 10.3. The zero-order chi connectivity index (χ0) is 19.4. The van der Waals surface area contributed by atoms with Gasteiger partial charge >= 0.3 is 0 Å². The zero-order valence-electron chi connectivity index (χ0n) is 16.5. The second-order valence-corrected chi connectivity index (χ2v) is 8.38. The van der Waals surface area contributed by atoms with Crippen LogP contribution in [0.25, 0.3) is 0 Å². The van der Waals surface area contributed by atoms with E-state index in [2.05, 4.69) is 34.3 Å². The molecule has 2 aliphatic heterocycles. The molecule has 3 heterocycles. The maximum atomic E-state index is 12.1. The summed E-state index contributed by atoms with van der Waals surface area (Å²) < 4.78 is 1.95. The van der Waals surface area contributed by atoms with E-state index in [1.54, 1.807) is 0 Å². The number of hydrogen-bond acceptors (Lipinski definition) is 4. The first-order valence-electron chi connectivity index (χ1n) is 10.3. The largest absolute Gasteiger partial charge is 0.395 e. The number of piperidine rings is 2. The summed E-state index contributed by atoms with van der Waals surface area (Å²) in [6, 6.07) is 10.7. The normalized spacial score (nSPS) is 23.5. The third-order valence-corrected chi connectivity index (χ3v) is 6.16. The fourth-order valence-electron chi connectivity index (χ4n) is 4.87. The van der Waals surface area contributed by atoms with Gasteiger partial charge in [-0.2, -0.15) is 5.10 Å². The number of amides is 1. The summed E-state index contributed by atoms with van der Waals surface area (Å²) in [5, 5.41) is 13.6. The van der Waals surface area contributed by atoms with Crippen LogP contribution in [0.5, 0.6) is 0 Å². The van der Waals surface area contributed by atoms with E-state index in [-0.39, 0.29) is 17.9 Å². The molecule has 1 amide bonds. The second-order valence-electron chi connectivity index (χ2n) is 8.38. The highest BCUT2D eigenvalue weighted by atomic mass is 16.3. The molecule has 6 nitrogen and oxygen atoms in total. The number of benzene rings is 1. The number of hydrogen-bond donors (Lipinski definition) is 1. The van der Waals surface area contributed by atoms with Crippen LogP contribution in [-0.2, 0) is 17.9 Å². The van der Waals surface area contributed by atoms with Gasteiger partial charge in [-0.1, -0.05) is 24.3 Å². The van der Waals surface area contributed by atoms with Crippen molar-refractivity contribution in [1.29, 1.82) is 0 Å². The lowest BCUT2D eigenvalue weighted by Crippen LogP contribution is -2.54. The summed E-state index contributed by atoms with van der Waals surface area (Å²) in [6.45, 7) is 5.20. The molecule has 1 N–H and O–H groups in total. The van der Waals surface area contributed by atoms with E-state index in [0.29, 0.717) is 13.0 Å². The Morgan fingerprint density at radius 3 is 2.75 bits per heavy atom. The predicted octanol–water partition coefficient (Wildman–Crippen LogP) is 2.13. The lowest BCUT2D eigenvalue weighted by atomic mass is 9.73. The fraction of sp³-hybridized carbons (Fsp3) is 0.545. The lowest BCUT2D eigenvalue weighted by Gasteiger charge is -2.48. The van der Waals surface area contributed by atoms with Gasteiger partial charge in [0.05, 0.1) is 13.2 Å². The number of rotatable bonds is 6. The van der Waals surface area contributed by atoms with Gasteiger partial charge < -0.3 is 10.0 Å². The van der Waals surface area contributed by atoms with Crippen molar-refractivity contribution >= 4 is 5.91 Å². The van der Waals surface area contributed by atoms with Crippen LogP contribution >= 0.6 is 0 Å². The Hall–Kier alpha value is -2.18. The molecule has 1 aromatic heterocycles. The number of aromatic nitrogens is 2. The summed E-state index contributed by atoms with van der Waals surface area (Å²) in [5.74, 6) is 0.197. The number of aliphatic hydroxyl groups is 1. The second kappa shape index (κ2) is 8.45. The number of carbonyl (C=O) groups is 1. The van der Waals surface area contributed by atoms with Crippen LogP contribution in [0.4, 0.5) is 0 Å². The van der Waals surface area contributed by atoms with Crippen LogP contribution in [0, 0.1) is 5.41 Å². The summed E-state index contributed by atoms with van der Waals surface area (Å²) in [5.41, 5.74) is 2.79. The standard InChI is InChI=1S/C22H30N4O2/c27-13-12-25-18-22(8-6-21(25)28)7-2-10-24(17-22)15-19-4-1-5-20(14-19)16-26-11-3-9-23-26/h1,3-5,9,11,14,27H,2,6-8,10,12-13,15-18H2/t22-/m1/s1. The van der Waals surface area contributed by atoms with E-state index in [4.69, 9.17) is 0 Å².